The predicted molar refractivity (Wildman–Crippen MR) is 68.2 cm³/mol. The Bertz CT molecular complexity index is 211. The van der Waals surface area contributed by atoms with Crippen LogP contribution in [0.4, 0.5) is 0 Å². The number of aliphatic hydroxyl groups excluding tert-OH is 1. The van der Waals surface area contributed by atoms with E-state index in [4.69, 9.17) is 9.47 Å². The summed E-state index contributed by atoms with van der Waals surface area (Å²) in [6.45, 7) is 8.46. The molecule has 0 aromatic carbocycles. The second-order valence-electron chi connectivity index (χ2n) is 5.17. The van der Waals surface area contributed by atoms with Crippen LogP contribution < -0.4 is 5.32 Å². The molecular weight excluding hydrogens is 218 g/mol. The van der Waals surface area contributed by atoms with E-state index in [1.54, 1.807) is 0 Å². The molecule has 1 saturated carbocycles. The van der Waals surface area contributed by atoms with Crippen LogP contribution in [0.3, 0.4) is 0 Å². The molecule has 4 nitrogen and oxygen atoms in total. The number of ether oxygens (including phenoxy) is 2. The van der Waals surface area contributed by atoms with E-state index in [1.807, 2.05) is 6.92 Å². The molecule has 1 aliphatic rings. The molecule has 1 aliphatic carbocycles. The molecule has 0 bridgehead atoms. The largest absolute Gasteiger partial charge is 0.394 e. The molecule has 0 aromatic heterocycles. The minimum Gasteiger partial charge on any atom is -0.394 e. The number of hydrogen-bond acceptors (Lipinski definition) is 4. The van der Waals surface area contributed by atoms with Crippen LogP contribution in [-0.2, 0) is 9.47 Å². The van der Waals surface area contributed by atoms with E-state index >= 15 is 0 Å². The molecule has 0 radical (unpaired) electrons. The summed E-state index contributed by atoms with van der Waals surface area (Å²) in [5.41, 5.74) is -0.134. The summed E-state index contributed by atoms with van der Waals surface area (Å²) in [4.78, 5) is 0. The van der Waals surface area contributed by atoms with Crippen molar-refractivity contribution in [1.29, 1.82) is 0 Å². The van der Waals surface area contributed by atoms with Gasteiger partial charge in [0.2, 0.25) is 0 Å². The molecule has 1 rings (SSSR count). The molecule has 17 heavy (non-hydrogen) atoms. The third kappa shape index (κ3) is 4.92. The maximum atomic E-state index is 9.55. The Morgan fingerprint density at radius 1 is 1.41 bits per heavy atom. The van der Waals surface area contributed by atoms with Crippen LogP contribution in [0.25, 0.3) is 0 Å². The number of nitrogens with one attached hydrogen (secondary N) is 1. The quantitative estimate of drug-likeness (QED) is 0.633. The topological polar surface area (TPSA) is 50.7 Å². The van der Waals surface area contributed by atoms with Crippen molar-refractivity contribution in [1.82, 2.24) is 5.32 Å². The van der Waals surface area contributed by atoms with Gasteiger partial charge < -0.3 is 19.9 Å². The van der Waals surface area contributed by atoms with Gasteiger partial charge in [-0.25, -0.2) is 0 Å². The van der Waals surface area contributed by atoms with Gasteiger partial charge >= 0.3 is 0 Å². The Kier molecular flexibility index (Phi) is 6.41. The average Bonchev–Trinajstić information content (AvgIpc) is 2.68. The third-order valence-corrected chi connectivity index (χ3v) is 3.25. The molecule has 4 heteroatoms. The van der Waals surface area contributed by atoms with E-state index in [0.29, 0.717) is 19.3 Å². The molecule has 2 N–H and O–H groups in total. The van der Waals surface area contributed by atoms with E-state index in [0.717, 1.165) is 25.9 Å². The van der Waals surface area contributed by atoms with Gasteiger partial charge in [0, 0.05) is 18.2 Å². The monoisotopic (exact) mass is 245 g/mol. The molecule has 2 unspecified atom stereocenters. The Balaban J connectivity index is 2.28. The van der Waals surface area contributed by atoms with Gasteiger partial charge in [0.1, 0.15) is 0 Å². The van der Waals surface area contributed by atoms with Gasteiger partial charge in [0.15, 0.2) is 0 Å². The van der Waals surface area contributed by atoms with Crippen LogP contribution >= 0.6 is 0 Å². The summed E-state index contributed by atoms with van der Waals surface area (Å²) in [5, 5.41) is 13.0. The third-order valence-electron chi connectivity index (χ3n) is 3.25. The lowest BCUT2D eigenvalue weighted by molar-refractivity contribution is 0.00486. The fourth-order valence-electron chi connectivity index (χ4n) is 2.57. The van der Waals surface area contributed by atoms with Gasteiger partial charge in [-0.3, -0.25) is 0 Å². The van der Waals surface area contributed by atoms with Gasteiger partial charge in [0.05, 0.1) is 25.9 Å². The molecule has 2 atom stereocenters. The first-order valence-corrected chi connectivity index (χ1v) is 6.70. The summed E-state index contributed by atoms with van der Waals surface area (Å²) >= 11 is 0. The van der Waals surface area contributed by atoms with Crippen LogP contribution in [0, 0.1) is 0 Å². The van der Waals surface area contributed by atoms with Crippen LogP contribution in [-0.4, -0.2) is 49.2 Å². The van der Waals surface area contributed by atoms with Crippen LogP contribution in [0.2, 0.25) is 0 Å². The maximum absolute atomic E-state index is 9.55. The van der Waals surface area contributed by atoms with Crippen molar-refractivity contribution in [3.05, 3.63) is 0 Å². The molecule has 0 aliphatic heterocycles. The summed E-state index contributed by atoms with van der Waals surface area (Å²) < 4.78 is 11.0. The van der Waals surface area contributed by atoms with E-state index in [9.17, 15) is 5.11 Å². The van der Waals surface area contributed by atoms with Crippen LogP contribution in [0.5, 0.6) is 0 Å². The summed E-state index contributed by atoms with van der Waals surface area (Å²) in [6.07, 6.45) is 3.16. The molecule has 0 heterocycles. The van der Waals surface area contributed by atoms with E-state index in [2.05, 4.69) is 19.2 Å². The van der Waals surface area contributed by atoms with Gasteiger partial charge in [-0.05, 0) is 26.2 Å². The highest BCUT2D eigenvalue weighted by molar-refractivity contribution is 4.97. The lowest BCUT2D eigenvalue weighted by Gasteiger charge is -2.31. The fraction of sp³-hybridized carbons (Fsp3) is 1.00. The van der Waals surface area contributed by atoms with Crippen molar-refractivity contribution in [2.45, 2.75) is 57.7 Å². The van der Waals surface area contributed by atoms with Crippen molar-refractivity contribution >= 4 is 0 Å². The van der Waals surface area contributed by atoms with Crippen molar-refractivity contribution in [3.8, 4) is 0 Å². The van der Waals surface area contributed by atoms with Gasteiger partial charge in [-0.1, -0.05) is 13.8 Å². The molecule has 0 spiro atoms. The fourth-order valence-corrected chi connectivity index (χ4v) is 2.57. The molecular formula is C13H27NO3. The SMILES string of the molecule is CCOCCOC1CCC(CO)(NC(C)C)C1. The summed E-state index contributed by atoms with van der Waals surface area (Å²) in [7, 11) is 0. The Morgan fingerprint density at radius 2 is 2.18 bits per heavy atom. The maximum Gasteiger partial charge on any atom is 0.0704 e. The van der Waals surface area contributed by atoms with Gasteiger partial charge in [-0.15, -0.1) is 0 Å². The Morgan fingerprint density at radius 3 is 2.76 bits per heavy atom. The standard InChI is InChI=1S/C13H27NO3/c1-4-16-7-8-17-12-5-6-13(9-12,10-15)14-11(2)3/h11-12,14-15H,4-10H2,1-3H3. The number of hydrogen-bond donors (Lipinski definition) is 2. The van der Waals surface area contributed by atoms with Crippen molar-refractivity contribution < 1.29 is 14.6 Å². The highest BCUT2D eigenvalue weighted by Crippen LogP contribution is 2.32. The first kappa shape index (κ1) is 14.9. The zero-order valence-electron chi connectivity index (χ0n) is 11.4. The highest BCUT2D eigenvalue weighted by Gasteiger charge is 2.39. The summed E-state index contributed by atoms with van der Waals surface area (Å²) in [5.74, 6) is 0. The number of rotatable bonds is 8. The van der Waals surface area contributed by atoms with E-state index in [-0.39, 0.29) is 18.2 Å². The predicted octanol–water partition coefficient (Wildman–Crippen LogP) is 1.32. The second-order valence-corrected chi connectivity index (χ2v) is 5.17. The first-order chi connectivity index (χ1) is 8.12. The molecule has 0 amide bonds. The molecule has 102 valence electrons. The average molecular weight is 245 g/mol. The van der Waals surface area contributed by atoms with Gasteiger partial charge in [-0.2, -0.15) is 0 Å². The minimum atomic E-state index is -0.134. The van der Waals surface area contributed by atoms with Crippen molar-refractivity contribution in [2.24, 2.45) is 0 Å². The Labute approximate surface area is 105 Å². The normalized spacial score (nSPS) is 29.1. The second kappa shape index (κ2) is 7.31. The smallest absolute Gasteiger partial charge is 0.0704 e. The lowest BCUT2D eigenvalue weighted by atomic mass is 9.97. The Hall–Kier alpha value is -0.160. The first-order valence-electron chi connectivity index (χ1n) is 6.70. The minimum absolute atomic E-state index is 0.134. The van der Waals surface area contributed by atoms with Gasteiger partial charge in [0.25, 0.3) is 0 Å². The van der Waals surface area contributed by atoms with Crippen LogP contribution in [0.1, 0.15) is 40.0 Å². The van der Waals surface area contributed by atoms with Crippen LogP contribution in [0.15, 0.2) is 0 Å². The molecule has 1 fully saturated rings. The van der Waals surface area contributed by atoms with E-state index in [1.165, 1.54) is 0 Å². The van der Waals surface area contributed by atoms with E-state index < -0.39 is 0 Å². The summed E-state index contributed by atoms with van der Waals surface area (Å²) in [6, 6.07) is 0.393. The van der Waals surface area contributed by atoms with Crippen molar-refractivity contribution in [3.63, 3.8) is 0 Å². The number of aliphatic hydroxyl groups is 1. The highest BCUT2D eigenvalue weighted by atomic mass is 16.5. The zero-order valence-corrected chi connectivity index (χ0v) is 11.4. The van der Waals surface area contributed by atoms with Crippen molar-refractivity contribution in [2.75, 3.05) is 26.4 Å². The zero-order chi connectivity index (χ0) is 12.7. The molecule has 0 aromatic rings. The molecule has 0 saturated heterocycles. The lowest BCUT2D eigenvalue weighted by Crippen LogP contribution is -2.50.